The molecule has 2 heterocycles. The van der Waals surface area contributed by atoms with Crippen LogP contribution in [0.2, 0.25) is 0 Å². The van der Waals surface area contributed by atoms with Crippen molar-refractivity contribution in [3.8, 4) is 0 Å². The van der Waals surface area contributed by atoms with E-state index in [0.29, 0.717) is 11.6 Å². The molecule has 0 aliphatic rings. The highest BCUT2D eigenvalue weighted by molar-refractivity contribution is 5.77. The first kappa shape index (κ1) is 11.8. The number of para-hydroxylation sites is 1. The number of furan rings is 1. The molecule has 2 aromatic heterocycles. The Morgan fingerprint density at radius 3 is 2.63 bits per heavy atom. The number of nitrogens with two attached hydrogens (primary N) is 1. The van der Waals surface area contributed by atoms with E-state index in [9.17, 15) is 0 Å². The van der Waals surface area contributed by atoms with E-state index in [1.54, 1.807) is 12.4 Å². The van der Waals surface area contributed by atoms with Gasteiger partial charge in [-0.15, -0.1) is 0 Å². The molecule has 3 N–H and O–H groups in total. The van der Waals surface area contributed by atoms with Crippen molar-refractivity contribution >= 4 is 11.0 Å². The first-order chi connectivity index (χ1) is 9.28. The van der Waals surface area contributed by atoms with Crippen LogP contribution in [0.15, 0.2) is 47.1 Å². The summed E-state index contributed by atoms with van der Waals surface area (Å²) in [4.78, 5) is 8.56. The van der Waals surface area contributed by atoms with Gasteiger partial charge in [-0.1, -0.05) is 18.2 Å². The molecule has 5 nitrogen and oxygen atoms in total. The molecule has 0 saturated carbocycles. The van der Waals surface area contributed by atoms with Crippen LogP contribution < -0.4 is 11.3 Å². The maximum absolute atomic E-state index is 5.78. The molecule has 0 aliphatic carbocycles. The second kappa shape index (κ2) is 4.79. The molecule has 0 radical (unpaired) electrons. The third-order valence-corrected chi connectivity index (χ3v) is 2.95. The fourth-order valence-corrected chi connectivity index (χ4v) is 1.98. The van der Waals surface area contributed by atoms with Crippen LogP contribution in [0.25, 0.3) is 11.0 Å². The lowest BCUT2D eigenvalue weighted by Gasteiger charge is -2.11. The number of fused-ring (bicyclic) bond motifs is 1. The second-order valence-corrected chi connectivity index (χ2v) is 4.40. The van der Waals surface area contributed by atoms with Gasteiger partial charge in [0.15, 0.2) is 5.82 Å². The van der Waals surface area contributed by atoms with Crippen LogP contribution in [0.1, 0.15) is 23.2 Å². The fourth-order valence-electron chi connectivity index (χ4n) is 1.98. The van der Waals surface area contributed by atoms with Gasteiger partial charge in [-0.05, 0) is 24.6 Å². The molecule has 0 bridgehead atoms. The number of hydrogen-bond donors (Lipinski definition) is 2. The minimum Gasteiger partial charge on any atom is -0.459 e. The number of aryl methyl sites for hydroxylation is 1. The van der Waals surface area contributed by atoms with E-state index in [2.05, 4.69) is 15.4 Å². The average molecular weight is 254 g/mol. The van der Waals surface area contributed by atoms with Crippen molar-refractivity contribution in [1.29, 1.82) is 0 Å². The molecule has 1 unspecified atom stereocenters. The molecule has 1 aromatic carbocycles. The molecule has 0 spiro atoms. The molecule has 3 rings (SSSR count). The Balaban J connectivity index is 2.04. The molecular formula is C14H14N4O. The minimum absolute atomic E-state index is 0.354. The number of hydrogen-bond acceptors (Lipinski definition) is 5. The van der Waals surface area contributed by atoms with Gasteiger partial charge < -0.3 is 4.42 Å². The number of rotatable bonds is 3. The maximum Gasteiger partial charge on any atom is 0.154 e. The van der Waals surface area contributed by atoms with Gasteiger partial charge in [0, 0.05) is 17.8 Å². The number of aromatic nitrogens is 2. The molecule has 1 atom stereocenters. The molecule has 19 heavy (non-hydrogen) atoms. The van der Waals surface area contributed by atoms with E-state index in [1.165, 1.54) is 0 Å². The van der Waals surface area contributed by atoms with Crippen molar-refractivity contribution in [3.05, 3.63) is 59.9 Å². The molecule has 0 saturated heterocycles. The van der Waals surface area contributed by atoms with Crippen LogP contribution in [0.5, 0.6) is 0 Å². The van der Waals surface area contributed by atoms with Crippen LogP contribution in [0.4, 0.5) is 0 Å². The standard InChI is InChI=1S/C14H14N4O/c1-9-7-16-14(17-8-9)13(18-15)12-6-10-4-2-3-5-11(10)19-12/h2-8,13,18H,15H2,1H3. The Kier molecular flexibility index (Phi) is 2.98. The lowest BCUT2D eigenvalue weighted by Crippen LogP contribution is -2.29. The van der Waals surface area contributed by atoms with Crippen LogP contribution in [-0.2, 0) is 0 Å². The summed E-state index contributed by atoms with van der Waals surface area (Å²) >= 11 is 0. The first-order valence-corrected chi connectivity index (χ1v) is 6.01. The number of benzene rings is 1. The Morgan fingerprint density at radius 2 is 1.95 bits per heavy atom. The van der Waals surface area contributed by atoms with Gasteiger partial charge in [-0.3, -0.25) is 5.84 Å². The SMILES string of the molecule is Cc1cnc(C(NN)c2cc3ccccc3o2)nc1. The van der Waals surface area contributed by atoms with E-state index in [-0.39, 0.29) is 6.04 Å². The lowest BCUT2D eigenvalue weighted by atomic mass is 10.2. The second-order valence-electron chi connectivity index (χ2n) is 4.40. The van der Waals surface area contributed by atoms with Crippen molar-refractivity contribution in [1.82, 2.24) is 15.4 Å². The van der Waals surface area contributed by atoms with Crippen LogP contribution in [-0.4, -0.2) is 9.97 Å². The van der Waals surface area contributed by atoms with E-state index < -0.39 is 0 Å². The normalized spacial score (nSPS) is 12.7. The van der Waals surface area contributed by atoms with Crippen molar-refractivity contribution in [2.75, 3.05) is 0 Å². The van der Waals surface area contributed by atoms with Crippen molar-refractivity contribution in [2.24, 2.45) is 5.84 Å². The van der Waals surface area contributed by atoms with Crippen molar-refractivity contribution < 1.29 is 4.42 Å². The summed E-state index contributed by atoms with van der Waals surface area (Å²) in [7, 11) is 0. The largest absolute Gasteiger partial charge is 0.459 e. The highest BCUT2D eigenvalue weighted by atomic mass is 16.3. The summed E-state index contributed by atoms with van der Waals surface area (Å²) in [5.41, 5.74) is 4.52. The van der Waals surface area contributed by atoms with Gasteiger partial charge in [0.2, 0.25) is 0 Å². The fraction of sp³-hybridized carbons (Fsp3) is 0.143. The van der Waals surface area contributed by atoms with E-state index in [1.807, 2.05) is 37.3 Å². The first-order valence-electron chi connectivity index (χ1n) is 6.01. The molecule has 0 amide bonds. The molecule has 3 aromatic rings. The highest BCUT2D eigenvalue weighted by Gasteiger charge is 2.19. The number of hydrazine groups is 1. The summed E-state index contributed by atoms with van der Waals surface area (Å²) in [5.74, 6) is 6.90. The van der Waals surface area contributed by atoms with Crippen molar-refractivity contribution in [3.63, 3.8) is 0 Å². The Morgan fingerprint density at radius 1 is 1.21 bits per heavy atom. The summed E-state index contributed by atoms with van der Waals surface area (Å²) in [6, 6.07) is 9.41. The Bertz CT molecular complexity index is 657. The highest BCUT2D eigenvalue weighted by Crippen LogP contribution is 2.25. The third-order valence-electron chi connectivity index (χ3n) is 2.95. The third kappa shape index (κ3) is 2.21. The quantitative estimate of drug-likeness (QED) is 0.552. The number of nitrogens with one attached hydrogen (secondary N) is 1. The zero-order chi connectivity index (χ0) is 13.2. The van der Waals surface area contributed by atoms with Crippen LogP contribution in [0, 0.1) is 6.92 Å². The molecule has 96 valence electrons. The summed E-state index contributed by atoms with van der Waals surface area (Å²) in [6.07, 6.45) is 3.52. The summed E-state index contributed by atoms with van der Waals surface area (Å²) in [6.45, 7) is 1.94. The summed E-state index contributed by atoms with van der Waals surface area (Å²) < 4.78 is 5.78. The van der Waals surface area contributed by atoms with Gasteiger partial charge in [0.05, 0.1) is 0 Å². The Labute approximate surface area is 110 Å². The zero-order valence-corrected chi connectivity index (χ0v) is 10.5. The van der Waals surface area contributed by atoms with E-state index >= 15 is 0 Å². The van der Waals surface area contributed by atoms with Gasteiger partial charge >= 0.3 is 0 Å². The Hall–Kier alpha value is -2.24. The monoisotopic (exact) mass is 254 g/mol. The van der Waals surface area contributed by atoms with Gasteiger partial charge in [0.1, 0.15) is 17.4 Å². The van der Waals surface area contributed by atoms with Gasteiger partial charge in [-0.25, -0.2) is 15.4 Å². The van der Waals surface area contributed by atoms with Crippen LogP contribution in [0.3, 0.4) is 0 Å². The van der Waals surface area contributed by atoms with E-state index in [0.717, 1.165) is 16.5 Å². The molecule has 5 heteroatoms. The molecular weight excluding hydrogens is 240 g/mol. The average Bonchev–Trinajstić information content (AvgIpc) is 2.85. The summed E-state index contributed by atoms with van der Waals surface area (Å²) in [5, 5.41) is 1.03. The topological polar surface area (TPSA) is 77.0 Å². The number of nitrogens with zero attached hydrogens (tertiary/aromatic N) is 2. The molecule has 0 aliphatic heterocycles. The van der Waals surface area contributed by atoms with Crippen molar-refractivity contribution in [2.45, 2.75) is 13.0 Å². The predicted molar refractivity (Wildman–Crippen MR) is 72.1 cm³/mol. The lowest BCUT2D eigenvalue weighted by molar-refractivity contribution is 0.464. The van der Waals surface area contributed by atoms with Gasteiger partial charge in [-0.2, -0.15) is 0 Å². The zero-order valence-electron chi connectivity index (χ0n) is 10.5. The smallest absolute Gasteiger partial charge is 0.154 e. The van der Waals surface area contributed by atoms with Crippen LogP contribution >= 0.6 is 0 Å². The minimum atomic E-state index is -0.354. The van der Waals surface area contributed by atoms with Gasteiger partial charge in [0.25, 0.3) is 0 Å². The van der Waals surface area contributed by atoms with E-state index in [4.69, 9.17) is 10.3 Å². The maximum atomic E-state index is 5.78. The predicted octanol–water partition coefficient (Wildman–Crippen LogP) is 2.08. The molecule has 0 fully saturated rings.